The van der Waals surface area contributed by atoms with Gasteiger partial charge in [-0.05, 0) is 31.5 Å². The minimum atomic E-state index is 0.156. The highest BCUT2D eigenvalue weighted by molar-refractivity contribution is 5.29. The number of hydrogen-bond donors (Lipinski definition) is 1. The largest absolute Gasteiger partial charge is 0.309 e. The fourth-order valence-electron chi connectivity index (χ4n) is 2.14. The highest BCUT2D eigenvalue weighted by Crippen LogP contribution is 2.21. The van der Waals surface area contributed by atoms with Crippen molar-refractivity contribution in [2.45, 2.75) is 32.9 Å². The van der Waals surface area contributed by atoms with Crippen molar-refractivity contribution in [1.29, 1.82) is 0 Å². The zero-order valence-electron chi connectivity index (χ0n) is 11.2. The third-order valence-corrected chi connectivity index (χ3v) is 2.96. The molecule has 96 valence electrons. The molecule has 1 N–H and O–H groups in total. The lowest BCUT2D eigenvalue weighted by Gasteiger charge is -2.14. The highest BCUT2D eigenvalue weighted by atomic mass is 15.3. The molecule has 0 aliphatic heterocycles. The van der Waals surface area contributed by atoms with Crippen molar-refractivity contribution in [3.63, 3.8) is 0 Å². The first-order valence-electron chi connectivity index (χ1n) is 6.35. The quantitative estimate of drug-likeness (QED) is 0.877. The molecule has 0 saturated heterocycles. The summed E-state index contributed by atoms with van der Waals surface area (Å²) >= 11 is 0. The van der Waals surface area contributed by atoms with Gasteiger partial charge in [0.1, 0.15) is 0 Å². The van der Waals surface area contributed by atoms with Gasteiger partial charge in [-0.15, -0.1) is 0 Å². The van der Waals surface area contributed by atoms with Crippen LogP contribution in [0.3, 0.4) is 0 Å². The smallest absolute Gasteiger partial charge is 0.0620 e. The van der Waals surface area contributed by atoms with E-state index >= 15 is 0 Å². The standard InChI is InChI=1S/C14H20N4/c1-4-5-18-10-13(9-17-18)14(15-3)12-6-11(2)7-16-8-12/h6-10,14-15H,4-5H2,1-3H3. The van der Waals surface area contributed by atoms with Gasteiger partial charge < -0.3 is 5.32 Å². The van der Waals surface area contributed by atoms with E-state index in [1.807, 2.05) is 30.3 Å². The topological polar surface area (TPSA) is 42.7 Å². The molecule has 1 atom stereocenters. The monoisotopic (exact) mass is 244 g/mol. The summed E-state index contributed by atoms with van der Waals surface area (Å²) in [5, 5.41) is 7.70. The van der Waals surface area contributed by atoms with Crippen LogP contribution in [-0.4, -0.2) is 21.8 Å². The molecule has 4 nitrogen and oxygen atoms in total. The molecule has 0 radical (unpaired) electrons. The molecule has 4 heteroatoms. The Labute approximate surface area is 108 Å². The minimum absolute atomic E-state index is 0.156. The lowest BCUT2D eigenvalue weighted by atomic mass is 10.0. The van der Waals surface area contributed by atoms with Crippen molar-refractivity contribution in [1.82, 2.24) is 20.1 Å². The first-order valence-corrected chi connectivity index (χ1v) is 6.35. The molecule has 2 aromatic heterocycles. The zero-order valence-corrected chi connectivity index (χ0v) is 11.2. The minimum Gasteiger partial charge on any atom is -0.309 e. The molecular weight excluding hydrogens is 224 g/mol. The van der Waals surface area contributed by atoms with Gasteiger partial charge in [-0.1, -0.05) is 13.0 Å². The lowest BCUT2D eigenvalue weighted by molar-refractivity contribution is 0.600. The maximum atomic E-state index is 4.38. The first kappa shape index (κ1) is 12.8. The van der Waals surface area contributed by atoms with E-state index in [-0.39, 0.29) is 6.04 Å². The fraction of sp³-hybridized carbons (Fsp3) is 0.429. The molecule has 1 unspecified atom stereocenters. The molecule has 18 heavy (non-hydrogen) atoms. The van der Waals surface area contributed by atoms with Gasteiger partial charge in [0.05, 0.1) is 12.2 Å². The van der Waals surface area contributed by atoms with Crippen molar-refractivity contribution >= 4 is 0 Å². The van der Waals surface area contributed by atoms with Crippen LogP contribution in [0.15, 0.2) is 30.9 Å². The summed E-state index contributed by atoms with van der Waals surface area (Å²) in [5.41, 5.74) is 3.53. The molecule has 0 aliphatic carbocycles. The van der Waals surface area contributed by atoms with Crippen LogP contribution in [0, 0.1) is 6.92 Å². The Hall–Kier alpha value is -1.68. The normalized spacial score (nSPS) is 12.6. The van der Waals surface area contributed by atoms with Crippen LogP contribution in [0.25, 0.3) is 0 Å². The summed E-state index contributed by atoms with van der Waals surface area (Å²) in [4.78, 5) is 4.25. The maximum Gasteiger partial charge on any atom is 0.0620 e. The number of rotatable bonds is 5. The molecule has 0 fully saturated rings. The van der Waals surface area contributed by atoms with Crippen LogP contribution in [0.2, 0.25) is 0 Å². The number of aryl methyl sites for hydroxylation is 2. The average Bonchev–Trinajstić information content (AvgIpc) is 2.79. The van der Waals surface area contributed by atoms with Gasteiger partial charge in [0.25, 0.3) is 0 Å². The van der Waals surface area contributed by atoms with Crippen molar-refractivity contribution in [3.8, 4) is 0 Å². The molecule has 2 heterocycles. The van der Waals surface area contributed by atoms with Crippen LogP contribution >= 0.6 is 0 Å². The number of pyridine rings is 1. The zero-order chi connectivity index (χ0) is 13.0. The third-order valence-electron chi connectivity index (χ3n) is 2.96. The van der Waals surface area contributed by atoms with Crippen LogP contribution in [-0.2, 0) is 6.54 Å². The van der Waals surface area contributed by atoms with Crippen LogP contribution in [0.5, 0.6) is 0 Å². The number of nitrogens with one attached hydrogen (secondary N) is 1. The van der Waals surface area contributed by atoms with Crippen LogP contribution in [0.1, 0.15) is 36.1 Å². The SMILES string of the molecule is CCCn1cc(C(NC)c2cncc(C)c2)cn1. The van der Waals surface area contributed by atoms with Gasteiger partial charge >= 0.3 is 0 Å². The van der Waals surface area contributed by atoms with Gasteiger partial charge in [-0.25, -0.2) is 0 Å². The number of hydrogen-bond acceptors (Lipinski definition) is 3. The van der Waals surface area contributed by atoms with Crippen LogP contribution < -0.4 is 5.32 Å². The molecule has 0 aliphatic rings. The Morgan fingerprint density at radius 1 is 1.28 bits per heavy atom. The van der Waals surface area contributed by atoms with Crippen molar-refractivity contribution in [3.05, 3.63) is 47.5 Å². The van der Waals surface area contributed by atoms with E-state index in [0.717, 1.165) is 13.0 Å². The number of nitrogens with zero attached hydrogens (tertiary/aromatic N) is 3. The molecule has 0 aromatic carbocycles. The summed E-state index contributed by atoms with van der Waals surface area (Å²) in [7, 11) is 1.96. The van der Waals surface area contributed by atoms with E-state index < -0.39 is 0 Å². The Morgan fingerprint density at radius 3 is 2.78 bits per heavy atom. The molecule has 2 aromatic rings. The first-order chi connectivity index (χ1) is 8.74. The second-order valence-corrected chi connectivity index (χ2v) is 4.55. The second kappa shape index (κ2) is 5.78. The Morgan fingerprint density at radius 2 is 2.11 bits per heavy atom. The summed E-state index contributed by atoms with van der Waals surface area (Å²) in [6.45, 7) is 5.17. The van der Waals surface area contributed by atoms with E-state index in [4.69, 9.17) is 0 Å². The van der Waals surface area contributed by atoms with Gasteiger partial charge in [-0.3, -0.25) is 9.67 Å². The summed E-state index contributed by atoms with van der Waals surface area (Å²) in [6, 6.07) is 2.31. The predicted octanol–water partition coefficient (Wildman–Crippen LogP) is 2.31. The molecular formula is C14H20N4. The maximum absolute atomic E-state index is 4.38. The lowest BCUT2D eigenvalue weighted by Crippen LogP contribution is -2.17. The Kier molecular flexibility index (Phi) is 4.10. The van der Waals surface area contributed by atoms with Crippen LogP contribution in [0.4, 0.5) is 0 Å². The predicted molar refractivity (Wildman–Crippen MR) is 72.4 cm³/mol. The van der Waals surface area contributed by atoms with E-state index in [0.29, 0.717) is 0 Å². The molecule has 2 rings (SSSR count). The number of aromatic nitrogens is 3. The summed E-state index contributed by atoms with van der Waals surface area (Å²) < 4.78 is 1.99. The molecule has 0 amide bonds. The van der Waals surface area contributed by atoms with Crippen molar-refractivity contribution < 1.29 is 0 Å². The molecule has 0 bridgehead atoms. The fourth-order valence-corrected chi connectivity index (χ4v) is 2.14. The van der Waals surface area contributed by atoms with Gasteiger partial charge in [0, 0.05) is 30.7 Å². The van der Waals surface area contributed by atoms with E-state index in [2.05, 4.69) is 41.5 Å². The summed E-state index contributed by atoms with van der Waals surface area (Å²) in [6.07, 6.45) is 8.91. The van der Waals surface area contributed by atoms with E-state index in [9.17, 15) is 0 Å². The highest BCUT2D eigenvalue weighted by Gasteiger charge is 2.14. The van der Waals surface area contributed by atoms with Gasteiger partial charge in [-0.2, -0.15) is 5.10 Å². The Bertz CT molecular complexity index is 504. The van der Waals surface area contributed by atoms with Crippen molar-refractivity contribution in [2.75, 3.05) is 7.05 Å². The molecule has 0 spiro atoms. The average molecular weight is 244 g/mol. The Balaban J connectivity index is 2.27. The van der Waals surface area contributed by atoms with E-state index in [1.54, 1.807) is 0 Å². The third kappa shape index (κ3) is 2.76. The van der Waals surface area contributed by atoms with Gasteiger partial charge in [0.2, 0.25) is 0 Å². The van der Waals surface area contributed by atoms with Crippen molar-refractivity contribution in [2.24, 2.45) is 0 Å². The summed E-state index contributed by atoms with van der Waals surface area (Å²) in [5.74, 6) is 0. The van der Waals surface area contributed by atoms with E-state index in [1.165, 1.54) is 16.7 Å². The van der Waals surface area contributed by atoms with Gasteiger partial charge in [0.15, 0.2) is 0 Å². The second-order valence-electron chi connectivity index (χ2n) is 4.55. The molecule has 0 saturated carbocycles.